The first-order valence-corrected chi connectivity index (χ1v) is 6.86. The summed E-state index contributed by atoms with van der Waals surface area (Å²) in [5, 5.41) is 0. The van der Waals surface area contributed by atoms with Crippen molar-refractivity contribution >= 4 is 5.78 Å². The Morgan fingerprint density at radius 1 is 1.00 bits per heavy atom. The second-order valence-corrected chi connectivity index (χ2v) is 5.12. The summed E-state index contributed by atoms with van der Waals surface area (Å²) in [6.45, 7) is 6.39. The largest absolute Gasteiger partial charge is 0.289 e. The summed E-state index contributed by atoms with van der Waals surface area (Å²) in [5.74, 6) is 0.611. The van der Waals surface area contributed by atoms with Crippen molar-refractivity contribution < 1.29 is 4.79 Å². The Labute approximate surface area is 115 Å². The standard InChI is InChI=1S/C18H20O/c1-4-14-7-5-6-8-17(14)18(19)16-11-9-15(10-12-16)13(2)3/h5-13H,4H2,1-3H3. The van der Waals surface area contributed by atoms with Gasteiger partial charge >= 0.3 is 0 Å². The molecule has 0 aliphatic heterocycles. The molecular weight excluding hydrogens is 232 g/mol. The second-order valence-electron chi connectivity index (χ2n) is 5.12. The average molecular weight is 252 g/mol. The van der Waals surface area contributed by atoms with Crippen molar-refractivity contribution in [2.45, 2.75) is 33.1 Å². The zero-order valence-electron chi connectivity index (χ0n) is 11.8. The summed E-state index contributed by atoms with van der Waals surface area (Å²) in [6.07, 6.45) is 0.881. The molecule has 1 heteroatoms. The number of carbonyl (C=O) groups is 1. The van der Waals surface area contributed by atoms with Gasteiger partial charge in [0, 0.05) is 11.1 Å². The van der Waals surface area contributed by atoms with Crippen LogP contribution in [0.5, 0.6) is 0 Å². The highest BCUT2D eigenvalue weighted by Crippen LogP contribution is 2.18. The van der Waals surface area contributed by atoms with Crippen LogP contribution in [0.25, 0.3) is 0 Å². The van der Waals surface area contributed by atoms with Gasteiger partial charge in [-0.15, -0.1) is 0 Å². The third-order valence-corrected chi connectivity index (χ3v) is 3.48. The van der Waals surface area contributed by atoms with E-state index in [0.717, 1.165) is 23.1 Å². The second kappa shape index (κ2) is 5.83. The quantitative estimate of drug-likeness (QED) is 0.727. The fourth-order valence-electron chi connectivity index (χ4n) is 2.23. The van der Waals surface area contributed by atoms with Crippen molar-refractivity contribution in [2.24, 2.45) is 0 Å². The molecule has 0 aromatic heterocycles. The summed E-state index contributed by atoms with van der Waals surface area (Å²) in [7, 11) is 0. The smallest absolute Gasteiger partial charge is 0.193 e. The summed E-state index contributed by atoms with van der Waals surface area (Å²) in [6, 6.07) is 15.8. The summed E-state index contributed by atoms with van der Waals surface area (Å²) in [5.41, 5.74) is 3.97. The van der Waals surface area contributed by atoms with Crippen LogP contribution in [0.4, 0.5) is 0 Å². The topological polar surface area (TPSA) is 17.1 Å². The van der Waals surface area contributed by atoms with Gasteiger partial charge < -0.3 is 0 Å². The molecule has 19 heavy (non-hydrogen) atoms. The highest BCUT2D eigenvalue weighted by atomic mass is 16.1. The predicted octanol–water partition coefficient (Wildman–Crippen LogP) is 4.60. The molecule has 98 valence electrons. The Balaban J connectivity index is 2.33. The summed E-state index contributed by atoms with van der Waals surface area (Å²) < 4.78 is 0. The monoisotopic (exact) mass is 252 g/mol. The van der Waals surface area contributed by atoms with E-state index in [2.05, 4.69) is 20.8 Å². The van der Waals surface area contributed by atoms with E-state index in [1.165, 1.54) is 5.56 Å². The van der Waals surface area contributed by atoms with Crippen molar-refractivity contribution in [3.05, 3.63) is 70.8 Å². The Kier molecular flexibility index (Phi) is 4.16. The normalized spacial score (nSPS) is 10.7. The molecule has 0 atom stereocenters. The molecule has 0 heterocycles. The van der Waals surface area contributed by atoms with Crippen LogP contribution in [0.1, 0.15) is 53.7 Å². The fourth-order valence-corrected chi connectivity index (χ4v) is 2.23. The van der Waals surface area contributed by atoms with Crippen molar-refractivity contribution in [1.29, 1.82) is 0 Å². The van der Waals surface area contributed by atoms with Crippen LogP contribution >= 0.6 is 0 Å². The van der Waals surface area contributed by atoms with Gasteiger partial charge in [0.25, 0.3) is 0 Å². The van der Waals surface area contributed by atoms with Crippen molar-refractivity contribution in [2.75, 3.05) is 0 Å². The molecule has 0 radical (unpaired) electrons. The molecule has 0 aliphatic rings. The van der Waals surface area contributed by atoms with Crippen molar-refractivity contribution in [1.82, 2.24) is 0 Å². The summed E-state index contributed by atoms with van der Waals surface area (Å²) in [4.78, 5) is 12.5. The first-order valence-electron chi connectivity index (χ1n) is 6.86. The molecule has 0 bridgehead atoms. The number of aryl methyl sites for hydroxylation is 1. The molecule has 0 amide bonds. The molecule has 0 fully saturated rings. The number of ketones is 1. The number of rotatable bonds is 4. The maximum atomic E-state index is 12.5. The van der Waals surface area contributed by atoms with Gasteiger partial charge in [0.1, 0.15) is 0 Å². The third-order valence-electron chi connectivity index (χ3n) is 3.48. The lowest BCUT2D eigenvalue weighted by atomic mass is 9.95. The third kappa shape index (κ3) is 2.93. The van der Waals surface area contributed by atoms with Crippen LogP contribution in [-0.2, 0) is 6.42 Å². The first kappa shape index (κ1) is 13.5. The SMILES string of the molecule is CCc1ccccc1C(=O)c1ccc(C(C)C)cc1. The Morgan fingerprint density at radius 3 is 2.21 bits per heavy atom. The lowest BCUT2D eigenvalue weighted by molar-refractivity contribution is 0.103. The van der Waals surface area contributed by atoms with E-state index >= 15 is 0 Å². The van der Waals surface area contributed by atoms with E-state index in [1.807, 2.05) is 48.5 Å². The lowest BCUT2D eigenvalue weighted by Gasteiger charge is -2.09. The molecule has 1 nitrogen and oxygen atoms in total. The van der Waals surface area contributed by atoms with Crippen molar-refractivity contribution in [3.8, 4) is 0 Å². The van der Waals surface area contributed by atoms with E-state index in [9.17, 15) is 4.79 Å². The number of hydrogen-bond donors (Lipinski definition) is 0. The van der Waals surface area contributed by atoms with E-state index in [1.54, 1.807) is 0 Å². The molecule has 0 N–H and O–H groups in total. The van der Waals surface area contributed by atoms with Gasteiger partial charge in [-0.3, -0.25) is 4.79 Å². The van der Waals surface area contributed by atoms with E-state index < -0.39 is 0 Å². The Bertz CT molecular complexity index is 564. The van der Waals surface area contributed by atoms with Crippen molar-refractivity contribution in [3.63, 3.8) is 0 Å². The molecule has 0 spiro atoms. The van der Waals surface area contributed by atoms with E-state index in [0.29, 0.717) is 5.92 Å². The van der Waals surface area contributed by atoms with Gasteiger partial charge in [-0.2, -0.15) is 0 Å². The predicted molar refractivity (Wildman–Crippen MR) is 79.8 cm³/mol. The molecule has 0 saturated carbocycles. The van der Waals surface area contributed by atoms with E-state index in [-0.39, 0.29) is 5.78 Å². The van der Waals surface area contributed by atoms with Gasteiger partial charge in [0.15, 0.2) is 5.78 Å². The maximum absolute atomic E-state index is 12.5. The minimum absolute atomic E-state index is 0.118. The molecule has 0 unspecified atom stereocenters. The zero-order valence-corrected chi connectivity index (χ0v) is 11.8. The molecule has 0 saturated heterocycles. The average Bonchev–Trinajstić information content (AvgIpc) is 2.46. The molecule has 2 rings (SSSR count). The maximum Gasteiger partial charge on any atom is 0.193 e. The van der Waals surface area contributed by atoms with Crippen LogP contribution in [0, 0.1) is 0 Å². The molecule has 2 aromatic carbocycles. The zero-order chi connectivity index (χ0) is 13.8. The van der Waals surface area contributed by atoms with Gasteiger partial charge in [0.05, 0.1) is 0 Å². The molecular formula is C18H20O. The number of hydrogen-bond acceptors (Lipinski definition) is 1. The van der Waals surface area contributed by atoms with Crippen LogP contribution in [0.3, 0.4) is 0 Å². The van der Waals surface area contributed by atoms with Gasteiger partial charge in [-0.1, -0.05) is 69.3 Å². The van der Waals surface area contributed by atoms with E-state index in [4.69, 9.17) is 0 Å². The lowest BCUT2D eigenvalue weighted by Crippen LogP contribution is -2.05. The number of benzene rings is 2. The Hall–Kier alpha value is -1.89. The first-order chi connectivity index (χ1) is 9.13. The number of carbonyl (C=O) groups excluding carboxylic acids is 1. The highest BCUT2D eigenvalue weighted by molar-refractivity contribution is 6.09. The minimum atomic E-state index is 0.118. The minimum Gasteiger partial charge on any atom is -0.289 e. The van der Waals surface area contributed by atoms with Gasteiger partial charge in [-0.25, -0.2) is 0 Å². The van der Waals surface area contributed by atoms with Crippen LogP contribution < -0.4 is 0 Å². The molecule has 2 aromatic rings. The van der Waals surface area contributed by atoms with Gasteiger partial charge in [0.2, 0.25) is 0 Å². The molecule has 0 aliphatic carbocycles. The van der Waals surface area contributed by atoms with Gasteiger partial charge in [-0.05, 0) is 23.5 Å². The summed E-state index contributed by atoms with van der Waals surface area (Å²) >= 11 is 0. The fraction of sp³-hybridized carbons (Fsp3) is 0.278. The van der Waals surface area contributed by atoms with Crippen LogP contribution in [0.15, 0.2) is 48.5 Å². The Morgan fingerprint density at radius 2 is 1.63 bits per heavy atom. The van der Waals surface area contributed by atoms with Crippen LogP contribution in [0.2, 0.25) is 0 Å². The highest BCUT2D eigenvalue weighted by Gasteiger charge is 2.12. The van der Waals surface area contributed by atoms with Crippen LogP contribution in [-0.4, -0.2) is 5.78 Å².